The molecule has 122 valence electrons. The molecule has 0 saturated heterocycles. The second-order valence-electron chi connectivity index (χ2n) is 4.19. The first-order valence-electron chi connectivity index (χ1n) is 7.25. The van der Waals surface area contributed by atoms with Crippen molar-refractivity contribution in [2.45, 2.75) is 45.9 Å². The number of nitrogens with one attached hydrogen (secondary N) is 4. The van der Waals surface area contributed by atoms with E-state index in [2.05, 4.69) is 34.4 Å². The van der Waals surface area contributed by atoms with Crippen molar-refractivity contribution < 1.29 is 9.59 Å². The average Bonchev–Trinajstić information content (AvgIpc) is 2.52. The zero-order chi connectivity index (χ0) is 16.7. The number of hydrogen-bond acceptors (Lipinski definition) is 4. The molecule has 6 heteroatoms. The van der Waals surface area contributed by atoms with Crippen LogP contribution in [0, 0.1) is 0 Å². The van der Waals surface area contributed by atoms with Crippen LogP contribution in [-0.2, 0) is 9.59 Å². The molecule has 0 radical (unpaired) electrons. The molecule has 0 aliphatic carbocycles. The molecule has 0 fully saturated rings. The number of rotatable bonds is 9. The van der Waals surface area contributed by atoms with Crippen molar-refractivity contribution in [3.05, 3.63) is 25.3 Å². The summed E-state index contributed by atoms with van der Waals surface area (Å²) in [6, 6.07) is 0. The fourth-order valence-corrected chi connectivity index (χ4v) is 1.38. The van der Waals surface area contributed by atoms with Crippen LogP contribution in [0.25, 0.3) is 0 Å². The van der Waals surface area contributed by atoms with Crippen LogP contribution < -0.4 is 21.3 Å². The summed E-state index contributed by atoms with van der Waals surface area (Å²) in [5, 5.41) is 11.5. The molecule has 4 N–H and O–H groups in total. The maximum absolute atomic E-state index is 10.8. The second-order valence-corrected chi connectivity index (χ2v) is 4.19. The van der Waals surface area contributed by atoms with E-state index in [0.717, 1.165) is 19.4 Å². The van der Waals surface area contributed by atoms with Gasteiger partial charge in [0.25, 0.3) is 0 Å². The monoisotopic (exact) mass is 298 g/mol. The molecule has 2 atom stereocenters. The van der Waals surface area contributed by atoms with Crippen LogP contribution in [0.2, 0.25) is 0 Å². The van der Waals surface area contributed by atoms with Crippen molar-refractivity contribution in [2.75, 3.05) is 13.6 Å². The van der Waals surface area contributed by atoms with E-state index >= 15 is 0 Å². The highest BCUT2D eigenvalue weighted by molar-refractivity contribution is 5.87. The molecule has 0 saturated carbocycles. The third kappa shape index (κ3) is 13.1. The Labute approximate surface area is 128 Å². The van der Waals surface area contributed by atoms with Crippen molar-refractivity contribution in [2.24, 2.45) is 0 Å². The Balaban J connectivity index is 0. The Morgan fingerprint density at radius 1 is 0.952 bits per heavy atom. The maximum Gasteiger partial charge on any atom is 0.244 e. The molecule has 2 unspecified atom stereocenters. The van der Waals surface area contributed by atoms with Crippen molar-refractivity contribution in [1.82, 2.24) is 21.3 Å². The van der Waals surface area contributed by atoms with Crippen LogP contribution in [0.1, 0.15) is 33.6 Å². The predicted molar refractivity (Wildman–Crippen MR) is 87.6 cm³/mol. The van der Waals surface area contributed by atoms with Gasteiger partial charge in [0, 0.05) is 0 Å². The van der Waals surface area contributed by atoms with Gasteiger partial charge in [0.2, 0.25) is 11.8 Å². The topological polar surface area (TPSA) is 82.3 Å². The summed E-state index contributed by atoms with van der Waals surface area (Å²) < 4.78 is 0. The van der Waals surface area contributed by atoms with Gasteiger partial charge in [0.15, 0.2) is 0 Å². The first kappa shape index (κ1) is 21.6. The largest absolute Gasteiger partial charge is 0.337 e. The minimum Gasteiger partial charge on any atom is -0.337 e. The van der Waals surface area contributed by atoms with Crippen LogP contribution in [0.15, 0.2) is 25.3 Å². The summed E-state index contributed by atoms with van der Waals surface area (Å²) in [4.78, 5) is 21.5. The van der Waals surface area contributed by atoms with Crippen LogP contribution >= 0.6 is 0 Å². The standard InChI is InChI=1S/C8H16N2O.C7H14N2O/c1-4-7(9-6-3)10-8(11)5-2;1-4-6(8-3)9-7(10)5-2/h5,7,9H,2,4,6H2,1,3H3,(H,10,11);5-6,8H,2,4H2,1,3H3,(H,9,10). The van der Waals surface area contributed by atoms with Gasteiger partial charge in [-0.15, -0.1) is 0 Å². The van der Waals surface area contributed by atoms with Crippen LogP contribution in [0.5, 0.6) is 0 Å². The SMILES string of the molecule is C=CC(=O)NC(CC)NC.C=CC(=O)NC(CC)NCC. The summed E-state index contributed by atoms with van der Waals surface area (Å²) in [6.07, 6.45) is 4.43. The normalized spacial score (nSPS) is 12.2. The first-order chi connectivity index (χ1) is 9.98. The van der Waals surface area contributed by atoms with Gasteiger partial charge in [-0.05, 0) is 38.6 Å². The fraction of sp³-hybridized carbons (Fsp3) is 0.600. The van der Waals surface area contributed by atoms with Gasteiger partial charge >= 0.3 is 0 Å². The maximum atomic E-state index is 10.8. The van der Waals surface area contributed by atoms with Crippen LogP contribution in [0.3, 0.4) is 0 Å². The second kappa shape index (κ2) is 14.7. The zero-order valence-electron chi connectivity index (χ0n) is 13.7. The Bertz CT molecular complexity index is 315. The summed E-state index contributed by atoms with van der Waals surface area (Å²) in [7, 11) is 1.80. The van der Waals surface area contributed by atoms with E-state index in [4.69, 9.17) is 0 Å². The van der Waals surface area contributed by atoms with Gasteiger partial charge in [0.05, 0.1) is 12.3 Å². The Morgan fingerprint density at radius 2 is 1.38 bits per heavy atom. The molecule has 0 aromatic rings. The molecule has 21 heavy (non-hydrogen) atoms. The Hall–Kier alpha value is -1.66. The fourth-order valence-electron chi connectivity index (χ4n) is 1.38. The van der Waals surface area contributed by atoms with E-state index in [-0.39, 0.29) is 24.1 Å². The lowest BCUT2D eigenvalue weighted by molar-refractivity contribution is -0.118. The highest BCUT2D eigenvalue weighted by Gasteiger charge is 2.04. The lowest BCUT2D eigenvalue weighted by Gasteiger charge is -2.15. The summed E-state index contributed by atoms with van der Waals surface area (Å²) >= 11 is 0. The van der Waals surface area contributed by atoms with Gasteiger partial charge < -0.3 is 16.0 Å². The minimum absolute atomic E-state index is 0.0606. The molecule has 0 rings (SSSR count). The molecule has 6 nitrogen and oxygen atoms in total. The van der Waals surface area contributed by atoms with E-state index in [0.29, 0.717) is 0 Å². The first-order valence-corrected chi connectivity index (χ1v) is 7.25. The lowest BCUT2D eigenvalue weighted by Crippen LogP contribution is -2.44. The quantitative estimate of drug-likeness (QED) is 0.376. The van der Waals surface area contributed by atoms with Crippen molar-refractivity contribution in [3.63, 3.8) is 0 Å². The molecular weight excluding hydrogens is 268 g/mol. The lowest BCUT2D eigenvalue weighted by atomic mass is 10.3. The number of carbonyl (C=O) groups is 2. The van der Waals surface area contributed by atoms with Crippen molar-refractivity contribution in [1.29, 1.82) is 0 Å². The summed E-state index contributed by atoms with van der Waals surface area (Å²) in [6.45, 7) is 13.6. The van der Waals surface area contributed by atoms with Crippen molar-refractivity contribution >= 4 is 11.8 Å². The van der Waals surface area contributed by atoms with Gasteiger partial charge in [-0.1, -0.05) is 33.9 Å². The van der Waals surface area contributed by atoms with E-state index in [9.17, 15) is 9.59 Å². The molecule has 0 aliphatic rings. The number of hydrogen-bond donors (Lipinski definition) is 4. The molecule has 0 bridgehead atoms. The summed E-state index contributed by atoms with van der Waals surface area (Å²) in [5.74, 6) is -0.265. The highest BCUT2D eigenvalue weighted by Crippen LogP contribution is 1.85. The van der Waals surface area contributed by atoms with E-state index in [1.165, 1.54) is 12.2 Å². The Kier molecular flexibility index (Phi) is 15.2. The van der Waals surface area contributed by atoms with Gasteiger partial charge in [-0.2, -0.15) is 0 Å². The summed E-state index contributed by atoms with van der Waals surface area (Å²) in [5.41, 5.74) is 0. The average molecular weight is 298 g/mol. The van der Waals surface area contributed by atoms with Crippen molar-refractivity contribution in [3.8, 4) is 0 Å². The van der Waals surface area contributed by atoms with E-state index in [1.807, 2.05) is 20.8 Å². The third-order valence-electron chi connectivity index (χ3n) is 2.62. The van der Waals surface area contributed by atoms with Gasteiger partial charge in [0.1, 0.15) is 0 Å². The van der Waals surface area contributed by atoms with E-state index < -0.39 is 0 Å². The molecule has 0 heterocycles. The smallest absolute Gasteiger partial charge is 0.244 e. The predicted octanol–water partition coefficient (Wildman–Crippen LogP) is 0.878. The van der Waals surface area contributed by atoms with Gasteiger partial charge in [-0.25, -0.2) is 0 Å². The van der Waals surface area contributed by atoms with Gasteiger partial charge in [-0.3, -0.25) is 14.9 Å². The number of amides is 2. The number of carbonyl (C=O) groups excluding carboxylic acids is 2. The molecule has 0 aliphatic heterocycles. The highest BCUT2D eigenvalue weighted by atomic mass is 16.2. The third-order valence-corrected chi connectivity index (χ3v) is 2.62. The zero-order valence-corrected chi connectivity index (χ0v) is 13.7. The molecule has 0 aromatic carbocycles. The van der Waals surface area contributed by atoms with Crippen LogP contribution in [-0.4, -0.2) is 37.7 Å². The van der Waals surface area contributed by atoms with Crippen LogP contribution in [0.4, 0.5) is 0 Å². The minimum atomic E-state index is -0.138. The molecule has 0 aromatic heterocycles. The Morgan fingerprint density at radius 3 is 1.67 bits per heavy atom. The van der Waals surface area contributed by atoms with E-state index in [1.54, 1.807) is 7.05 Å². The molecule has 2 amide bonds. The molecule has 0 spiro atoms. The molecular formula is C15H30N4O2.